The minimum atomic E-state index is -0.428. The fraction of sp³-hybridized carbons (Fsp3) is 0.500. The first kappa shape index (κ1) is 12.0. The van der Waals surface area contributed by atoms with Crippen molar-refractivity contribution in [1.82, 2.24) is 5.32 Å². The third-order valence-corrected chi connectivity index (χ3v) is 2.95. The standard InChI is InChI=1S/C14H19NO2/c1-3-11-6-4-5-7-13(11)17-10(2)14(16)15-12-8-9-12/h4-7,10,12H,3,8-9H2,1-2H3,(H,15,16)/t10-/m1/s1. The lowest BCUT2D eigenvalue weighted by Crippen LogP contribution is -2.37. The fourth-order valence-corrected chi connectivity index (χ4v) is 1.70. The van der Waals surface area contributed by atoms with E-state index in [2.05, 4.69) is 12.2 Å². The summed E-state index contributed by atoms with van der Waals surface area (Å²) in [5.74, 6) is 0.798. The number of para-hydroxylation sites is 1. The fourth-order valence-electron chi connectivity index (χ4n) is 1.70. The zero-order valence-electron chi connectivity index (χ0n) is 10.4. The summed E-state index contributed by atoms with van der Waals surface area (Å²) in [4.78, 5) is 11.8. The predicted molar refractivity (Wildman–Crippen MR) is 67.1 cm³/mol. The lowest BCUT2D eigenvalue weighted by molar-refractivity contribution is -0.127. The Kier molecular flexibility index (Phi) is 3.67. The summed E-state index contributed by atoms with van der Waals surface area (Å²) >= 11 is 0. The minimum Gasteiger partial charge on any atom is -0.481 e. The number of carbonyl (C=O) groups is 1. The Bertz CT molecular complexity index is 399. The van der Waals surface area contributed by atoms with Crippen molar-refractivity contribution in [2.75, 3.05) is 0 Å². The number of hydrogen-bond donors (Lipinski definition) is 1. The molecule has 0 aromatic heterocycles. The number of benzene rings is 1. The largest absolute Gasteiger partial charge is 0.481 e. The van der Waals surface area contributed by atoms with Crippen LogP contribution in [-0.4, -0.2) is 18.1 Å². The maximum atomic E-state index is 11.8. The second-order valence-electron chi connectivity index (χ2n) is 4.50. The molecule has 1 atom stereocenters. The number of ether oxygens (including phenoxy) is 1. The zero-order valence-corrected chi connectivity index (χ0v) is 10.4. The summed E-state index contributed by atoms with van der Waals surface area (Å²) in [6, 6.07) is 8.25. The van der Waals surface area contributed by atoms with Crippen molar-refractivity contribution in [1.29, 1.82) is 0 Å². The van der Waals surface area contributed by atoms with E-state index in [0.29, 0.717) is 6.04 Å². The normalized spacial score (nSPS) is 16.4. The summed E-state index contributed by atoms with van der Waals surface area (Å²) in [5, 5.41) is 2.95. The molecule has 1 saturated carbocycles. The van der Waals surface area contributed by atoms with E-state index in [1.807, 2.05) is 24.3 Å². The second kappa shape index (κ2) is 5.21. The molecule has 0 radical (unpaired) electrons. The van der Waals surface area contributed by atoms with E-state index < -0.39 is 6.10 Å². The molecule has 0 heterocycles. The number of hydrogen-bond acceptors (Lipinski definition) is 2. The first-order valence-electron chi connectivity index (χ1n) is 6.25. The van der Waals surface area contributed by atoms with Crippen LogP contribution in [0.1, 0.15) is 32.3 Å². The Morgan fingerprint density at radius 3 is 2.82 bits per heavy atom. The Hall–Kier alpha value is -1.51. The highest BCUT2D eigenvalue weighted by atomic mass is 16.5. The van der Waals surface area contributed by atoms with E-state index in [9.17, 15) is 4.79 Å². The van der Waals surface area contributed by atoms with Crippen molar-refractivity contribution in [3.8, 4) is 5.75 Å². The van der Waals surface area contributed by atoms with Gasteiger partial charge < -0.3 is 10.1 Å². The minimum absolute atomic E-state index is 0.0154. The highest BCUT2D eigenvalue weighted by Gasteiger charge is 2.26. The van der Waals surface area contributed by atoms with Gasteiger partial charge in [0.1, 0.15) is 5.75 Å². The van der Waals surface area contributed by atoms with Crippen molar-refractivity contribution < 1.29 is 9.53 Å². The van der Waals surface area contributed by atoms with Crippen molar-refractivity contribution in [2.45, 2.75) is 45.3 Å². The average molecular weight is 233 g/mol. The molecule has 1 aromatic carbocycles. The van der Waals surface area contributed by atoms with E-state index in [0.717, 1.165) is 30.6 Å². The van der Waals surface area contributed by atoms with E-state index in [-0.39, 0.29) is 5.91 Å². The van der Waals surface area contributed by atoms with Crippen molar-refractivity contribution in [3.05, 3.63) is 29.8 Å². The third-order valence-electron chi connectivity index (χ3n) is 2.95. The first-order valence-corrected chi connectivity index (χ1v) is 6.25. The molecular weight excluding hydrogens is 214 g/mol. The van der Waals surface area contributed by atoms with Gasteiger partial charge in [0.05, 0.1) is 0 Å². The molecule has 0 bridgehead atoms. The molecule has 92 valence electrons. The SMILES string of the molecule is CCc1ccccc1O[C@H](C)C(=O)NC1CC1. The van der Waals surface area contributed by atoms with Crippen LogP contribution < -0.4 is 10.1 Å². The van der Waals surface area contributed by atoms with Crippen LogP contribution in [0.15, 0.2) is 24.3 Å². The zero-order chi connectivity index (χ0) is 12.3. The summed E-state index contributed by atoms with van der Waals surface area (Å²) in [6.45, 7) is 3.88. The van der Waals surface area contributed by atoms with E-state index >= 15 is 0 Å². The third kappa shape index (κ3) is 3.22. The molecule has 1 amide bonds. The van der Waals surface area contributed by atoms with Crippen molar-refractivity contribution in [2.24, 2.45) is 0 Å². The predicted octanol–water partition coefficient (Wildman–Crippen LogP) is 2.29. The van der Waals surface area contributed by atoms with Gasteiger partial charge in [-0.05, 0) is 37.8 Å². The Labute approximate surface area is 102 Å². The highest BCUT2D eigenvalue weighted by Crippen LogP contribution is 2.21. The van der Waals surface area contributed by atoms with Gasteiger partial charge in [0.15, 0.2) is 6.10 Å². The number of amides is 1. The lowest BCUT2D eigenvalue weighted by atomic mass is 10.1. The summed E-state index contributed by atoms with van der Waals surface area (Å²) in [5.41, 5.74) is 1.14. The summed E-state index contributed by atoms with van der Waals surface area (Å²) < 4.78 is 5.71. The van der Waals surface area contributed by atoms with Gasteiger partial charge in [-0.3, -0.25) is 4.79 Å². The molecule has 17 heavy (non-hydrogen) atoms. The molecule has 1 fully saturated rings. The molecular formula is C14H19NO2. The van der Waals surface area contributed by atoms with Gasteiger partial charge in [-0.2, -0.15) is 0 Å². The van der Waals surface area contributed by atoms with Crippen LogP contribution in [0.5, 0.6) is 5.75 Å². The van der Waals surface area contributed by atoms with Gasteiger partial charge in [0.25, 0.3) is 5.91 Å². The van der Waals surface area contributed by atoms with Crippen LogP contribution in [0.25, 0.3) is 0 Å². The first-order chi connectivity index (χ1) is 8.20. The number of nitrogens with one attached hydrogen (secondary N) is 1. The van der Waals surface area contributed by atoms with E-state index in [1.165, 1.54) is 0 Å². The second-order valence-corrected chi connectivity index (χ2v) is 4.50. The maximum Gasteiger partial charge on any atom is 0.260 e. The molecule has 1 N–H and O–H groups in total. The Morgan fingerprint density at radius 1 is 1.47 bits per heavy atom. The van der Waals surface area contributed by atoms with Gasteiger partial charge in [-0.25, -0.2) is 0 Å². The molecule has 1 aliphatic carbocycles. The van der Waals surface area contributed by atoms with Gasteiger partial charge in [-0.15, -0.1) is 0 Å². The van der Waals surface area contributed by atoms with Crippen LogP contribution in [0, 0.1) is 0 Å². The van der Waals surface area contributed by atoms with E-state index in [4.69, 9.17) is 4.74 Å². The molecule has 0 saturated heterocycles. The van der Waals surface area contributed by atoms with Gasteiger partial charge in [0.2, 0.25) is 0 Å². The van der Waals surface area contributed by atoms with Crippen LogP contribution in [0.3, 0.4) is 0 Å². The van der Waals surface area contributed by atoms with Crippen LogP contribution >= 0.6 is 0 Å². The van der Waals surface area contributed by atoms with Crippen LogP contribution in [0.4, 0.5) is 0 Å². The number of rotatable bonds is 5. The van der Waals surface area contributed by atoms with Crippen molar-refractivity contribution >= 4 is 5.91 Å². The molecule has 3 nitrogen and oxygen atoms in total. The van der Waals surface area contributed by atoms with Crippen molar-refractivity contribution in [3.63, 3.8) is 0 Å². The smallest absolute Gasteiger partial charge is 0.260 e. The topological polar surface area (TPSA) is 38.3 Å². The van der Waals surface area contributed by atoms with Gasteiger partial charge in [0, 0.05) is 6.04 Å². The molecule has 1 aromatic rings. The average Bonchev–Trinajstić information content (AvgIpc) is 3.13. The lowest BCUT2D eigenvalue weighted by Gasteiger charge is -2.16. The number of carbonyl (C=O) groups excluding carboxylic acids is 1. The number of aryl methyl sites for hydroxylation is 1. The van der Waals surface area contributed by atoms with Crippen LogP contribution in [0.2, 0.25) is 0 Å². The molecule has 0 unspecified atom stereocenters. The van der Waals surface area contributed by atoms with Gasteiger partial charge >= 0.3 is 0 Å². The molecule has 3 heteroatoms. The Morgan fingerprint density at radius 2 is 2.18 bits per heavy atom. The van der Waals surface area contributed by atoms with Crippen LogP contribution in [-0.2, 0) is 11.2 Å². The summed E-state index contributed by atoms with van der Waals surface area (Å²) in [6.07, 6.45) is 2.68. The monoisotopic (exact) mass is 233 g/mol. The maximum absolute atomic E-state index is 11.8. The quantitative estimate of drug-likeness (QED) is 0.847. The molecule has 0 aliphatic heterocycles. The molecule has 1 aliphatic rings. The molecule has 2 rings (SSSR count). The molecule has 0 spiro atoms. The highest BCUT2D eigenvalue weighted by molar-refractivity contribution is 5.81. The summed E-state index contributed by atoms with van der Waals surface area (Å²) in [7, 11) is 0. The van der Waals surface area contributed by atoms with E-state index in [1.54, 1.807) is 6.92 Å². The van der Waals surface area contributed by atoms with Gasteiger partial charge in [-0.1, -0.05) is 25.1 Å². The Balaban J connectivity index is 1.96.